The smallest absolute Gasteiger partial charge is 0.0443 e. The molecule has 1 aromatic rings. The SMILES string of the molecule is C=CC(=C)C(=C)c1cccc(C=NC(C)C)c1. The van der Waals surface area contributed by atoms with Crippen LogP contribution in [-0.4, -0.2) is 12.3 Å². The van der Waals surface area contributed by atoms with Crippen molar-refractivity contribution in [1.82, 2.24) is 0 Å². The van der Waals surface area contributed by atoms with Gasteiger partial charge in [-0.25, -0.2) is 0 Å². The minimum atomic E-state index is 0.310. The maximum atomic E-state index is 4.36. The Morgan fingerprint density at radius 2 is 2.00 bits per heavy atom. The zero-order chi connectivity index (χ0) is 12.8. The van der Waals surface area contributed by atoms with E-state index >= 15 is 0 Å². The fourth-order valence-corrected chi connectivity index (χ4v) is 1.35. The number of aliphatic imine (C=N–C) groups is 1. The van der Waals surface area contributed by atoms with Crippen molar-refractivity contribution in [2.75, 3.05) is 0 Å². The summed E-state index contributed by atoms with van der Waals surface area (Å²) in [4.78, 5) is 4.36. The summed E-state index contributed by atoms with van der Waals surface area (Å²) in [5.74, 6) is 0. The molecular weight excluding hydrogens is 206 g/mol. The number of allylic oxidation sites excluding steroid dienone is 3. The summed E-state index contributed by atoms with van der Waals surface area (Å²) in [7, 11) is 0. The Labute approximate surface area is 104 Å². The Morgan fingerprint density at radius 1 is 1.29 bits per heavy atom. The molecule has 0 atom stereocenters. The molecule has 0 saturated heterocycles. The van der Waals surface area contributed by atoms with Gasteiger partial charge in [-0.3, -0.25) is 4.99 Å². The lowest BCUT2D eigenvalue weighted by atomic mass is 9.99. The first-order valence-electron chi connectivity index (χ1n) is 5.69. The highest BCUT2D eigenvalue weighted by Gasteiger charge is 2.01. The van der Waals surface area contributed by atoms with Gasteiger partial charge in [-0.2, -0.15) is 0 Å². The van der Waals surface area contributed by atoms with Gasteiger partial charge in [-0.05, 0) is 42.2 Å². The van der Waals surface area contributed by atoms with Crippen molar-refractivity contribution in [3.05, 3.63) is 66.8 Å². The van der Waals surface area contributed by atoms with E-state index in [2.05, 4.69) is 44.6 Å². The van der Waals surface area contributed by atoms with Crippen LogP contribution < -0.4 is 0 Å². The number of benzene rings is 1. The van der Waals surface area contributed by atoms with Crippen molar-refractivity contribution in [3.63, 3.8) is 0 Å². The van der Waals surface area contributed by atoms with Gasteiger partial charge in [0.05, 0.1) is 0 Å². The normalized spacial score (nSPS) is 10.8. The third-order valence-corrected chi connectivity index (χ3v) is 2.39. The van der Waals surface area contributed by atoms with Crippen LogP contribution >= 0.6 is 0 Å². The molecule has 0 bridgehead atoms. The van der Waals surface area contributed by atoms with Gasteiger partial charge in [0.25, 0.3) is 0 Å². The van der Waals surface area contributed by atoms with Gasteiger partial charge in [0.1, 0.15) is 0 Å². The van der Waals surface area contributed by atoms with Gasteiger partial charge in [-0.1, -0.05) is 44.0 Å². The molecule has 0 aliphatic carbocycles. The first-order chi connectivity index (χ1) is 8.04. The standard InChI is InChI=1S/C16H19N/c1-6-13(4)14(5)16-9-7-8-15(10-16)11-17-12(2)3/h6-12H,1,4-5H2,2-3H3. The molecule has 0 aromatic heterocycles. The third kappa shape index (κ3) is 3.87. The number of rotatable bonds is 5. The van der Waals surface area contributed by atoms with Crippen LogP contribution in [0.15, 0.2) is 60.6 Å². The molecule has 0 radical (unpaired) electrons. The van der Waals surface area contributed by atoms with Crippen molar-refractivity contribution in [2.45, 2.75) is 19.9 Å². The van der Waals surface area contributed by atoms with E-state index < -0.39 is 0 Å². The van der Waals surface area contributed by atoms with Crippen molar-refractivity contribution in [1.29, 1.82) is 0 Å². The maximum absolute atomic E-state index is 4.36. The molecule has 0 aliphatic rings. The summed E-state index contributed by atoms with van der Waals surface area (Å²) in [6, 6.07) is 8.41. The van der Waals surface area contributed by atoms with Crippen molar-refractivity contribution in [2.24, 2.45) is 4.99 Å². The molecule has 88 valence electrons. The molecule has 1 heteroatoms. The molecule has 1 rings (SSSR count). The van der Waals surface area contributed by atoms with E-state index in [1.807, 2.05) is 24.4 Å². The second-order valence-electron chi connectivity index (χ2n) is 4.21. The number of hydrogen-bond acceptors (Lipinski definition) is 1. The highest BCUT2D eigenvalue weighted by atomic mass is 14.7. The van der Waals surface area contributed by atoms with Crippen LogP contribution in [0.3, 0.4) is 0 Å². The summed E-state index contributed by atoms with van der Waals surface area (Å²) >= 11 is 0. The predicted molar refractivity (Wildman–Crippen MR) is 77.5 cm³/mol. The van der Waals surface area contributed by atoms with Gasteiger partial charge >= 0.3 is 0 Å². The largest absolute Gasteiger partial charge is 0.290 e. The van der Waals surface area contributed by atoms with E-state index in [1.165, 1.54) is 0 Å². The molecular formula is C16H19N. The molecule has 0 saturated carbocycles. The molecule has 1 nitrogen and oxygen atoms in total. The second-order valence-corrected chi connectivity index (χ2v) is 4.21. The summed E-state index contributed by atoms with van der Waals surface area (Å²) in [5, 5.41) is 0. The number of nitrogens with zero attached hydrogens (tertiary/aromatic N) is 1. The highest BCUT2D eigenvalue weighted by Crippen LogP contribution is 2.20. The van der Waals surface area contributed by atoms with Crippen molar-refractivity contribution >= 4 is 11.8 Å². The second kappa shape index (κ2) is 6.00. The molecule has 0 amide bonds. The van der Waals surface area contributed by atoms with Crippen LogP contribution in [-0.2, 0) is 0 Å². The van der Waals surface area contributed by atoms with Crippen LogP contribution in [0, 0.1) is 0 Å². The quantitative estimate of drug-likeness (QED) is 0.524. The molecule has 0 N–H and O–H groups in total. The lowest BCUT2D eigenvalue weighted by molar-refractivity contribution is 0.841. The Hall–Kier alpha value is -1.89. The van der Waals surface area contributed by atoms with E-state index in [0.29, 0.717) is 6.04 Å². The average molecular weight is 225 g/mol. The Kier molecular flexibility index (Phi) is 4.65. The van der Waals surface area contributed by atoms with Gasteiger partial charge < -0.3 is 0 Å². The maximum Gasteiger partial charge on any atom is 0.0443 e. The first-order valence-corrected chi connectivity index (χ1v) is 5.69. The predicted octanol–water partition coefficient (Wildman–Crippen LogP) is 4.27. The summed E-state index contributed by atoms with van der Waals surface area (Å²) < 4.78 is 0. The molecule has 0 heterocycles. The topological polar surface area (TPSA) is 12.4 Å². The Balaban J connectivity index is 2.97. The van der Waals surface area contributed by atoms with Gasteiger partial charge in [0.2, 0.25) is 0 Å². The van der Waals surface area contributed by atoms with Gasteiger partial charge in [-0.15, -0.1) is 0 Å². The number of hydrogen-bond donors (Lipinski definition) is 0. The molecule has 0 spiro atoms. The van der Waals surface area contributed by atoms with E-state index in [-0.39, 0.29) is 0 Å². The monoisotopic (exact) mass is 225 g/mol. The van der Waals surface area contributed by atoms with Crippen molar-refractivity contribution < 1.29 is 0 Å². The van der Waals surface area contributed by atoms with E-state index in [9.17, 15) is 0 Å². The Bertz CT molecular complexity index is 464. The van der Waals surface area contributed by atoms with Crippen LogP contribution in [0.25, 0.3) is 5.57 Å². The lowest BCUT2D eigenvalue weighted by Gasteiger charge is -2.06. The summed E-state index contributed by atoms with van der Waals surface area (Å²) in [6.45, 7) is 15.7. The van der Waals surface area contributed by atoms with Crippen LogP contribution in [0.2, 0.25) is 0 Å². The van der Waals surface area contributed by atoms with E-state index in [1.54, 1.807) is 6.08 Å². The fraction of sp³-hybridized carbons (Fsp3) is 0.188. The molecule has 0 unspecified atom stereocenters. The summed E-state index contributed by atoms with van der Waals surface area (Å²) in [6.07, 6.45) is 3.61. The van der Waals surface area contributed by atoms with E-state index in [4.69, 9.17) is 0 Å². The molecule has 0 aliphatic heterocycles. The van der Waals surface area contributed by atoms with Crippen LogP contribution in [0.1, 0.15) is 25.0 Å². The first kappa shape index (κ1) is 13.2. The molecule has 0 fully saturated rings. The molecule has 17 heavy (non-hydrogen) atoms. The summed E-state index contributed by atoms with van der Waals surface area (Å²) in [5.41, 5.74) is 3.89. The van der Waals surface area contributed by atoms with Crippen LogP contribution in [0.4, 0.5) is 0 Å². The molecule has 1 aromatic carbocycles. The third-order valence-electron chi connectivity index (χ3n) is 2.39. The zero-order valence-corrected chi connectivity index (χ0v) is 10.6. The van der Waals surface area contributed by atoms with Gasteiger partial charge in [0.15, 0.2) is 0 Å². The minimum absolute atomic E-state index is 0.310. The fourth-order valence-electron chi connectivity index (χ4n) is 1.35. The highest BCUT2D eigenvalue weighted by molar-refractivity contribution is 5.85. The zero-order valence-electron chi connectivity index (χ0n) is 10.6. The van der Waals surface area contributed by atoms with Crippen LogP contribution in [0.5, 0.6) is 0 Å². The van der Waals surface area contributed by atoms with E-state index in [0.717, 1.165) is 22.3 Å². The average Bonchev–Trinajstić information content (AvgIpc) is 2.34. The van der Waals surface area contributed by atoms with Crippen molar-refractivity contribution in [3.8, 4) is 0 Å². The minimum Gasteiger partial charge on any atom is -0.290 e. The Morgan fingerprint density at radius 3 is 2.59 bits per heavy atom. The lowest BCUT2D eigenvalue weighted by Crippen LogP contribution is -1.92. The van der Waals surface area contributed by atoms with Gasteiger partial charge in [0, 0.05) is 12.3 Å².